The Morgan fingerprint density at radius 2 is 2.02 bits per heavy atom. The number of rotatable bonds is 8. The van der Waals surface area contributed by atoms with Gasteiger partial charge in [-0.1, -0.05) is 6.07 Å². The Hall–Kier alpha value is -3.82. The number of carbonyl (C=O) groups excluding carboxylic acids is 2. The van der Waals surface area contributed by atoms with Gasteiger partial charge in [0.25, 0.3) is 5.91 Å². The SMILES string of the molecule is COC[C@H](c1ccc2oc([C@@H](NC(=O)c3nncn3C)C3CCC(F)(F)CC3)nc2c1)N1C[C@@H](C(F)(F)F)NC1=O. The molecule has 41 heavy (non-hydrogen) atoms. The molecule has 16 heteroatoms. The minimum Gasteiger partial charge on any atom is -0.438 e. The summed E-state index contributed by atoms with van der Waals surface area (Å²) in [5.74, 6) is -3.70. The number of ether oxygens (including phenoxy) is 1. The van der Waals surface area contributed by atoms with E-state index in [0.717, 1.165) is 4.90 Å². The maximum Gasteiger partial charge on any atom is 0.410 e. The van der Waals surface area contributed by atoms with E-state index in [9.17, 15) is 31.5 Å². The van der Waals surface area contributed by atoms with Crippen LogP contribution in [0.1, 0.15) is 59.8 Å². The van der Waals surface area contributed by atoms with Gasteiger partial charge in [-0.2, -0.15) is 13.2 Å². The minimum atomic E-state index is -4.61. The first-order valence-corrected chi connectivity index (χ1v) is 12.9. The number of methoxy groups -OCH3 is 1. The Bertz CT molecular complexity index is 1410. The fraction of sp³-hybridized carbons (Fsp3) is 0.560. The van der Waals surface area contributed by atoms with Crippen LogP contribution in [0.5, 0.6) is 0 Å². The molecule has 222 valence electrons. The molecule has 5 rings (SSSR count). The van der Waals surface area contributed by atoms with Gasteiger partial charge in [0, 0.05) is 27.0 Å². The number of nitrogens with one attached hydrogen (secondary N) is 2. The molecular weight excluding hydrogens is 557 g/mol. The molecule has 1 saturated heterocycles. The van der Waals surface area contributed by atoms with Gasteiger partial charge >= 0.3 is 12.2 Å². The van der Waals surface area contributed by atoms with E-state index in [1.54, 1.807) is 25.2 Å². The molecule has 2 aromatic heterocycles. The number of aromatic nitrogens is 4. The van der Waals surface area contributed by atoms with E-state index < -0.39 is 54.6 Å². The third-order valence-corrected chi connectivity index (χ3v) is 7.55. The van der Waals surface area contributed by atoms with E-state index in [1.165, 1.54) is 18.0 Å². The summed E-state index contributed by atoms with van der Waals surface area (Å²) in [6.07, 6.45) is -3.75. The number of nitrogens with zero attached hydrogens (tertiary/aromatic N) is 5. The number of hydrogen-bond donors (Lipinski definition) is 2. The minimum absolute atomic E-state index is 0.0120. The Labute approximate surface area is 230 Å². The number of carbonyl (C=O) groups is 2. The maximum absolute atomic E-state index is 13.9. The second kappa shape index (κ2) is 10.9. The van der Waals surface area contributed by atoms with E-state index in [4.69, 9.17) is 9.15 Å². The van der Waals surface area contributed by atoms with E-state index in [1.807, 2.05) is 5.32 Å². The van der Waals surface area contributed by atoms with Crippen molar-refractivity contribution in [2.75, 3.05) is 20.3 Å². The van der Waals surface area contributed by atoms with Crippen LogP contribution in [0.3, 0.4) is 0 Å². The van der Waals surface area contributed by atoms with Crippen LogP contribution in [0, 0.1) is 5.92 Å². The smallest absolute Gasteiger partial charge is 0.410 e. The van der Waals surface area contributed by atoms with Crippen LogP contribution in [0.4, 0.5) is 26.7 Å². The van der Waals surface area contributed by atoms with Crippen molar-refractivity contribution in [1.29, 1.82) is 0 Å². The molecule has 1 aromatic carbocycles. The number of benzene rings is 1. The normalized spacial score (nSPS) is 21.2. The number of alkyl halides is 5. The van der Waals surface area contributed by atoms with E-state index >= 15 is 0 Å². The van der Waals surface area contributed by atoms with E-state index in [2.05, 4.69) is 20.5 Å². The molecule has 1 aliphatic carbocycles. The lowest BCUT2D eigenvalue weighted by molar-refractivity contribution is -0.150. The predicted molar refractivity (Wildman–Crippen MR) is 132 cm³/mol. The lowest BCUT2D eigenvalue weighted by atomic mass is 9.82. The van der Waals surface area contributed by atoms with Crippen LogP contribution in [0.2, 0.25) is 0 Å². The highest BCUT2D eigenvalue weighted by Crippen LogP contribution is 2.42. The molecule has 2 aliphatic rings. The topological polar surface area (TPSA) is 127 Å². The fourth-order valence-electron chi connectivity index (χ4n) is 5.31. The molecule has 2 N–H and O–H groups in total. The fourth-order valence-corrected chi connectivity index (χ4v) is 5.31. The van der Waals surface area contributed by atoms with Crippen molar-refractivity contribution in [3.8, 4) is 0 Å². The van der Waals surface area contributed by atoms with Crippen LogP contribution in [-0.2, 0) is 11.8 Å². The Balaban J connectivity index is 1.45. The standard InChI is InChI=1S/C25H28F5N7O4/c1-36-12-31-35-20(36)21(38)34-19(13-5-7-24(26,27)8-6-13)22-32-15-9-14(3-4-17(15)41-22)16(11-40-2)37-10-18(25(28,29)30)33-23(37)39/h3-4,9,12-13,16,18-19H,5-8,10-11H2,1-2H3,(H,33,39)(H,34,38)/t16-,18+,19+/m1/s1. The number of urea groups is 1. The van der Waals surface area contributed by atoms with Crippen LogP contribution in [0.15, 0.2) is 28.9 Å². The van der Waals surface area contributed by atoms with Crippen molar-refractivity contribution in [3.05, 3.63) is 41.8 Å². The Morgan fingerprint density at radius 3 is 2.63 bits per heavy atom. The highest BCUT2D eigenvalue weighted by Gasteiger charge is 2.48. The Kier molecular flexibility index (Phi) is 7.61. The van der Waals surface area contributed by atoms with Gasteiger partial charge in [-0.05, 0) is 36.5 Å². The quantitative estimate of drug-likeness (QED) is 0.384. The number of hydrogen-bond acceptors (Lipinski definition) is 7. The molecule has 3 amide bonds. The second-order valence-electron chi connectivity index (χ2n) is 10.4. The summed E-state index contributed by atoms with van der Waals surface area (Å²) in [5.41, 5.74) is 1.07. The monoisotopic (exact) mass is 585 g/mol. The number of fused-ring (bicyclic) bond motifs is 1. The first-order valence-electron chi connectivity index (χ1n) is 12.9. The molecule has 0 spiro atoms. The number of halogens is 5. The van der Waals surface area contributed by atoms with Crippen LogP contribution < -0.4 is 10.6 Å². The molecular formula is C25H28F5N7O4. The van der Waals surface area contributed by atoms with Gasteiger partial charge in [0.2, 0.25) is 17.6 Å². The third kappa shape index (κ3) is 5.96. The van der Waals surface area contributed by atoms with Gasteiger partial charge in [0.05, 0.1) is 19.2 Å². The molecule has 3 atom stereocenters. The largest absolute Gasteiger partial charge is 0.438 e. The van der Waals surface area contributed by atoms with Gasteiger partial charge in [0.1, 0.15) is 23.9 Å². The molecule has 0 unspecified atom stereocenters. The average Bonchev–Trinajstić information content (AvgIpc) is 3.63. The van der Waals surface area contributed by atoms with Crippen LogP contribution in [-0.4, -0.2) is 75.0 Å². The van der Waals surface area contributed by atoms with Crippen molar-refractivity contribution in [3.63, 3.8) is 0 Å². The van der Waals surface area contributed by atoms with Crippen molar-refractivity contribution in [2.45, 2.75) is 55.9 Å². The summed E-state index contributed by atoms with van der Waals surface area (Å²) in [5, 5.41) is 12.3. The summed E-state index contributed by atoms with van der Waals surface area (Å²) in [6, 6.07) is 0.0891. The van der Waals surface area contributed by atoms with Crippen molar-refractivity contribution in [2.24, 2.45) is 13.0 Å². The van der Waals surface area contributed by atoms with Gasteiger partial charge in [-0.25, -0.2) is 18.6 Å². The average molecular weight is 586 g/mol. The highest BCUT2D eigenvalue weighted by molar-refractivity contribution is 5.90. The zero-order valence-electron chi connectivity index (χ0n) is 22.1. The summed E-state index contributed by atoms with van der Waals surface area (Å²) in [7, 11) is 2.95. The summed E-state index contributed by atoms with van der Waals surface area (Å²) in [4.78, 5) is 31.0. The van der Waals surface area contributed by atoms with Crippen molar-refractivity contribution in [1.82, 2.24) is 35.3 Å². The molecule has 1 saturated carbocycles. The van der Waals surface area contributed by atoms with Crippen molar-refractivity contribution >= 4 is 23.0 Å². The number of amides is 3. The first-order chi connectivity index (χ1) is 19.4. The summed E-state index contributed by atoms with van der Waals surface area (Å²) >= 11 is 0. The molecule has 11 nitrogen and oxygen atoms in total. The van der Waals surface area contributed by atoms with E-state index in [-0.39, 0.29) is 44.0 Å². The third-order valence-electron chi connectivity index (χ3n) is 7.55. The number of aryl methyl sites for hydroxylation is 1. The zero-order valence-corrected chi connectivity index (χ0v) is 22.1. The van der Waals surface area contributed by atoms with Gasteiger partial charge in [-0.3, -0.25) is 4.79 Å². The van der Waals surface area contributed by atoms with Crippen LogP contribution >= 0.6 is 0 Å². The molecule has 0 bridgehead atoms. The molecule has 1 aliphatic heterocycles. The molecule has 3 aromatic rings. The first kappa shape index (κ1) is 28.7. The predicted octanol–water partition coefficient (Wildman–Crippen LogP) is 3.90. The maximum atomic E-state index is 13.9. The highest BCUT2D eigenvalue weighted by atomic mass is 19.4. The molecule has 2 fully saturated rings. The Morgan fingerprint density at radius 1 is 1.29 bits per heavy atom. The van der Waals surface area contributed by atoms with Gasteiger partial charge in [0.15, 0.2) is 5.58 Å². The van der Waals surface area contributed by atoms with Gasteiger partial charge < -0.3 is 29.3 Å². The zero-order chi connectivity index (χ0) is 29.5. The van der Waals surface area contributed by atoms with Gasteiger partial charge in [-0.15, -0.1) is 10.2 Å². The van der Waals surface area contributed by atoms with Crippen molar-refractivity contribution < 1.29 is 40.7 Å². The number of oxazole rings is 1. The molecule has 3 heterocycles. The summed E-state index contributed by atoms with van der Waals surface area (Å²) < 4.78 is 80.2. The molecule has 0 radical (unpaired) electrons. The summed E-state index contributed by atoms with van der Waals surface area (Å²) in [6.45, 7) is -0.679. The van der Waals surface area contributed by atoms with Crippen LogP contribution in [0.25, 0.3) is 11.1 Å². The lowest BCUT2D eigenvalue weighted by Crippen LogP contribution is -2.40. The lowest BCUT2D eigenvalue weighted by Gasteiger charge is -2.32. The van der Waals surface area contributed by atoms with E-state index in [0.29, 0.717) is 16.7 Å². The second-order valence-corrected chi connectivity index (χ2v) is 10.4.